The highest BCUT2D eigenvalue weighted by molar-refractivity contribution is 6.04. The summed E-state index contributed by atoms with van der Waals surface area (Å²) in [6, 6.07) is 13.6. The zero-order chi connectivity index (χ0) is 20.8. The molecule has 0 radical (unpaired) electrons. The average Bonchev–Trinajstić information content (AvgIpc) is 2.71. The molecule has 2 amide bonds. The third-order valence-corrected chi connectivity index (χ3v) is 3.98. The first kappa shape index (κ1) is 19.8. The van der Waals surface area contributed by atoms with Crippen LogP contribution in [-0.4, -0.2) is 36.5 Å². The van der Waals surface area contributed by atoms with E-state index in [1.54, 1.807) is 42.6 Å². The van der Waals surface area contributed by atoms with E-state index in [2.05, 4.69) is 15.6 Å². The van der Waals surface area contributed by atoms with Crippen molar-refractivity contribution in [1.29, 1.82) is 0 Å². The van der Waals surface area contributed by atoms with Crippen LogP contribution >= 0.6 is 0 Å². The molecule has 3 aromatic rings. The second-order valence-electron chi connectivity index (χ2n) is 6.10. The van der Waals surface area contributed by atoms with Gasteiger partial charge in [0.1, 0.15) is 5.75 Å². The van der Waals surface area contributed by atoms with Crippen molar-refractivity contribution in [3.05, 3.63) is 60.3 Å². The summed E-state index contributed by atoms with van der Waals surface area (Å²) in [7, 11) is 1.45. The van der Waals surface area contributed by atoms with E-state index in [0.717, 1.165) is 5.39 Å². The van der Waals surface area contributed by atoms with Crippen LogP contribution in [0.2, 0.25) is 0 Å². The van der Waals surface area contributed by atoms with Crippen LogP contribution in [0.25, 0.3) is 10.9 Å². The highest BCUT2D eigenvalue weighted by atomic mass is 16.5. The fourth-order valence-corrected chi connectivity index (χ4v) is 2.75. The Labute approximate surface area is 166 Å². The minimum absolute atomic E-state index is 0.245. The van der Waals surface area contributed by atoms with Crippen molar-refractivity contribution < 1.29 is 23.9 Å². The summed E-state index contributed by atoms with van der Waals surface area (Å²) < 4.78 is 10.3. The number of methoxy groups -OCH3 is 1. The minimum Gasteiger partial charge on any atom is -0.495 e. The number of anilines is 2. The van der Waals surface area contributed by atoms with Gasteiger partial charge in [0.15, 0.2) is 6.61 Å². The fourth-order valence-electron chi connectivity index (χ4n) is 2.75. The number of hydrogen-bond acceptors (Lipinski definition) is 6. The van der Waals surface area contributed by atoms with Crippen LogP contribution in [0.15, 0.2) is 54.7 Å². The van der Waals surface area contributed by atoms with Crippen molar-refractivity contribution in [1.82, 2.24) is 4.98 Å². The summed E-state index contributed by atoms with van der Waals surface area (Å²) in [6.45, 7) is 0.889. The SMILES string of the molecule is COc1ccc(NC(C)=O)cc1NC(=O)COC(=O)c1cccc2cccnc12. The van der Waals surface area contributed by atoms with Crippen molar-refractivity contribution in [3.63, 3.8) is 0 Å². The topological polar surface area (TPSA) is 107 Å². The maximum absolute atomic E-state index is 12.4. The van der Waals surface area contributed by atoms with Gasteiger partial charge in [0.2, 0.25) is 5.91 Å². The number of benzene rings is 2. The van der Waals surface area contributed by atoms with Gasteiger partial charge >= 0.3 is 5.97 Å². The summed E-state index contributed by atoms with van der Waals surface area (Å²) in [6.07, 6.45) is 1.58. The molecule has 0 fully saturated rings. The van der Waals surface area contributed by atoms with Crippen molar-refractivity contribution in [2.75, 3.05) is 24.4 Å². The molecular formula is C21H19N3O5. The summed E-state index contributed by atoms with van der Waals surface area (Å²) in [5, 5.41) is 6.03. The van der Waals surface area contributed by atoms with Crippen molar-refractivity contribution >= 4 is 40.1 Å². The molecule has 29 heavy (non-hydrogen) atoms. The number of hydrogen-bond donors (Lipinski definition) is 2. The number of para-hydroxylation sites is 1. The van der Waals surface area contributed by atoms with Crippen LogP contribution in [0.1, 0.15) is 17.3 Å². The number of ether oxygens (including phenoxy) is 2. The first-order valence-corrected chi connectivity index (χ1v) is 8.74. The Kier molecular flexibility index (Phi) is 6.03. The molecule has 8 heteroatoms. The van der Waals surface area contributed by atoms with Crippen LogP contribution < -0.4 is 15.4 Å². The van der Waals surface area contributed by atoms with E-state index in [-0.39, 0.29) is 11.5 Å². The van der Waals surface area contributed by atoms with E-state index in [1.165, 1.54) is 14.0 Å². The summed E-state index contributed by atoms with van der Waals surface area (Å²) in [4.78, 5) is 40.1. The maximum atomic E-state index is 12.4. The highest BCUT2D eigenvalue weighted by Crippen LogP contribution is 2.28. The van der Waals surface area contributed by atoms with Crippen LogP contribution in [-0.2, 0) is 14.3 Å². The number of nitrogens with zero attached hydrogens (tertiary/aromatic N) is 1. The molecule has 1 heterocycles. The molecule has 2 N–H and O–H groups in total. The monoisotopic (exact) mass is 393 g/mol. The van der Waals surface area contributed by atoms with Gasteiger partial charge in [-0.2, -0.15) is 0 Å². The first-order valence-electron chi connectivity index (χ1n) is 8.74. The molecular weight excluding hydrogens is 374 g/mol. The van der Waals surface area contributed by atoms with Gasteiger partial charge in [-0.25, -0.2) is 4.79 Å². The lowest BCUT2D eigenvalue weighted by atomic mass is 10.1. The van der Waals surface area contributed by atoms with Crippen molar-refractivity contribution in [2.45, 2.75) is 6.92 Å². The van der Waals surface area contributed by atoms with E-state index in [4.69, 9.17) is 9.47 Å². The molecule has 0 unspecified atom stereocenters. The third kappa shape index (κ3) is 4.86. The second-order valence-corrected chi connectivity index (χ2v) is 6.10. The van der Waals surface area contributed by atoms with Gasteiger partial charge in [-0.1, -0.05) is 18.2 Å². The molecule has 0 bridgehead atoms. The standard InChI is InChI=1S/C21H19N3O5/c1-13(25)23-15-8-9-18(28-2)17(11-15)24-19(26)12-29-21(27)16-7-3-5-14-6-4-10-22-20(14)16/h3-11H,12H2,1-2H3,(H,23,25)(H,24,26). The molecule has 0 saturated carbocycles. The summed E-state index contributed by atoms with van der Waals surface area (Å²) in [5.41, 5.74) is 1.62. The number of amides is 2. The van der Waals surface area contributed by atoms with Gasteiger partial charge in [-0.15, -0.1) is 0 Å². The lowest BCUT2D eigenvalue weighted by molar-refractivity contribution is -0.119. The number of carbonyl (C=O) groups is 3. The van der Waals surface area contributed by atoms with Gasteiger partial charge in [-0.3, -0.25) is 14.6 Å². The molecule has 148 valence electrons. The number of fused-ring (bicyclic) bond motifs is 1. The third-order valence-electron chi connectivity index (χ3n) is 3.98. The van der Waals surface area contributed by atoms with E-state index in [9.17, 15) is 14.4 Å². The lowest BCUT2D eigenvalue weighted by Gasteiger charge is -2.12. The zero-order valence-electron chi connectivity index (χ0n) is 15.9. The molecule has 1 aromatic heterocycles. The van der Waals surface area contributed by atoms with Gasteiger partial charge in [-0.05, 0) is 30.3 Å². The van der Waals surface area contributed by atoms with Gasteiger partial charge < -0.3 is 20.1 Å². The molecule has 0 saturated heterocycles. The first-order chi connectivity index (χ1) is 14.0. The van der Waals surface area contributed by atoms with E-state index in [0.29, 0.717) is 22.6 Å². The van der Waals surface area contributed by atoms with Crippen LogP contribution in [0, 0.1) is 0 Å². The van der Waals surface area contributed by atoms with Gasteiger partial charge in [0, 0.05) is 24.2 Å². The van der Waals surface area contributed by atoms with Crippen LogP contribution in [0.5, 0.6) is 5.75 Å². The number of rotatable bonds is 6. The summed E-state index contributed by atoms with van der Waals surface area (Å²) in [5.74, 6) is -1.05. The molecule has 2 aromatic carbocycles. The van der Waals surface area contributed by atoms with E-state index < -0.39 is 18.5 Å². The molecule has 0 spiro atoms. The molecule has 0 aliphatic heterocycles. The Balaban J connectivity index is 1.68. The van der Waals surface area contributed by atoms with Gasteiger partial charge in [0.25, 0.3) is 5.91 Å². The quantitative estimate of drug-likeness (QED) is 0.624. The van der Waals surface area contributed by atoms with E-state index in [1.807, 2.05) is 12.1 Å². The molecule has 0 atom stereocenters. The largest absolute Gasteiger partial charge is 0.495 e. The number of aromatic nitrogens is 1. The van der Waals surface area contributed by atoms with E-state index >= 15 is 0 Å². The van der Waals surface area contributed by atoms with Crippen molar-refractivity contribution in [2.24, 2.45) is 0 Å². The Bertz CT molecular complexity index is 1080. The number of esters is 1. The molecule has 3 rings (SSSR count). The predicted molar refractivity (Wildman–Crippen MR) is 108 cm³/mol. The highest BCUT2D eigenvalue weighted by Gasteiger charge is 2.15. The second kappa shape index (κ2) is 8.83. The van der Waals surface area contributed by atoms with Gasteiger partial charge in [0.05, 0.1) is 23.9 Å². The number of carbonyl (C=O) groups excluding carboxylic acids is 3. The Hall–Kier alpha value is -3.94. The average molecular weight is 393 g/mol. The normalized spacial score (nSPS) is 10.3. The Morgan fingerprint density at radius 2 is 1.83 bits per heavy atom. The molecule has 0 aliphatic rings. The fraction of sp³-hybridized carbons (Fsp3) is 0.143. The van der Waals surface area contributed by atoms with Crippen LogP contribution in [0.4, 0.5) is 11.4 Å². The zero-order valence-corrected chi connectivity index (χ0v) is 15.9. The molecule has 8 nitrogen and oxygen atoms in total. The Morgan fingerprint density at radius 3 is 2.59 bits per heavy atom. The number of nitrogens with one attached hydrogen (secondary N) is 2. The van der Waals surface area contributed by atoms with Crippen molar-refractivity contribution in [3.8, 4) is 5.75 Å². The maximum Gasteiger partial charge on any atom is 0.340 e. The summed E-state index contributed by atoms with van der Waals surface area (Å²) >= 11 is 0. The minimum atomic E-state index is -0.650. The molecule has 0 aliphatic carbocycles. The van der Waals surface area contributed by atoms with Crippen LogP contribution in [0.3, 0.4) is 0 Å². The predicted octanol–water partition coefficient (Wildman–Crippen LogP) is 3.00. The Morgan fingerprint density at radius 1 is 1.03 bits per heavy atom. The lowest BCUT2D eigenvalue weighted by Crippen LogP contribution is -2.21. The smallest absolute Gasteiger partial charge is 0.340 e. The number of pyridine rings is 1.